The van der Waals surface area contributed by atoms with Crippen LogP contribution in [0.15, 0.2) is 47.5 Å². The molecule has 2 aromatic carbocycles. The van der Waals surface area contributed by atoms with Crippen LogP contribution in [0.4, 0.5) is 5.69 Å². The Bertz CT molecular complexity index is 1200. The zero-order chi connectivity index (χ0) is 26.1. The summed E-state index contributed by atoms with van der Waals surface area (Å²) in [4.78, 5) is 17.8. The van der Waals surface area contributed by atoms with E-state index in [0.717, 1.165) is 28.4 Å². The lowest BCUT2D eigenvalue weighted by molar-refractivity contribution is 0.0976. The Hall–Kier alpha value is -4.01. The van der Waals surface area contributed by atoms with Crippen LogP contribution in [0.25, 0.3) is 0 Å². The molecule has 1 aromatic heterocycles. The molecule has 9 nitrogen and oxygen atoms in total. The van der Waals surface area contributed by atoms with Crippen LogP contribution in [0, 0.1) is 13.8 Å². The number of methoxy groups -OCH3 is 1. The molecule has 3 aromatic rings. The number of ether oxygens (including phenoxy) is 3. The van der Waals surface area contributed by atoms with Crippen LogP contribution in [0.1, 0.15) is 41.2 Å². The number of nitrogens with zero attached hydrogens (tertiary/aromatic N) is 3. The molecule has 0 bridgehead atoms. The van der Waals surface area contributed by atoms with Crippen molar-refractivity contribution in [3.63, 3.8) is 0 Å². The molecule has 0 unspecified atom stereocenters. The van der Waals surface area contributed by atoms with Crippen LogP contribution in [-0.4, -0.2) is 48.5 Å². The maximum atomic E-state index is 13.2. The van der Waals surface area contributed by atoms with E-state index in [1.165, 1.54) is 0 Å². The summed E-state index contributed by atoms with van der Waals surface area (Å²) in [5.74, 6) is 1.90. The number of guanidine groups is 1. The molecule has 3 rings (SSSR count). The summed E-state index contributed by atoms with van der Waals surface area (Å²) in [5, 5.41) is 10.6. The normalized spacial score (nSPS) is 11.2. The third kappa shape index (κ3) is 6.78. The zero-order valence-corrected chi connectivity index (χ0v) is 21.8. The van der Waals surface area contributed by atoms with Crippen LogP contribution in [0.5, 0.6) is 17.2 Å². The molecule has 0 aliphatic carbocycles. The second kappa shape index (κ2) is 12.6. The Morgan fingerprint density at radius 3 is 2.33 bits per heavy atom. The average Bonchev–Trinajstić information content (AvgIpc) is 3.11. The fourth-order valence-electron chi connectivity index (χ4n) is 3.75. The number of aryl methyl sites for hydroxylation is 2. The van der Waals surface area contributed by atoms with Gasteiger partial charge in [-0.2, -0.15) is 5.10 Å². The highest BCUT2D eigenvalue weighted by atomic mass is 16.5. The quantitative estimate of drug-likeness (QED) is 0.323. The number of nitrogens with one attached hydrogen (secondary N) is 2. The predicted octanol–water partition coefficient (Wildman–Crippen LogP) is 4.28. The highest BCUT2D eigenvalue weighted by Gasteiger charge is 2.14. The van der Waals surface area contributed by atoms with E-state index < -0.39 is 0 Å². The number of carbonyl (C=O) groups is 1. The molecule has 0 aliphatic heterocycles. The Kier molecular flexibility index (Phi) is 9.32. The minimum absolute atomic E-state index is 0.312. The SMILES string of the molecule is CCOc1ccc(C(=O)NC(=NCCc2c(C)nn(C)c2C)Nc2ccc(OC)cc2)cc1OCC. The molecule has 0 atom stereocenters. The largest absolute Gasteiger partial charge is 0.497 e. The van der Waals surface area contributed by atoms with E-state index in [0.29, 0.717) is 49.2 Å². The van der Waals surface area contributed by atoms with Gasteiger partial charge in [-0.3, -0.25) is 19.8 Å². The first-order valence-electron chi connectivity index (χ1n) is 12.0. The van der Waals surface area contributed by atoms with Crippen molar-refractivity contribution in [1.82, 2.24) is 15.1 Å². The summed E-state index contributed by atoms with van der Waals surface area (Å²) >= 11 is 0. The van der Waals surface area contributed by atoms with Gasteiger partial charge >= 0.3 is 0 Å². The molecule has 1 heterocycles. The predicted molar refractivity (Wildman–Crippen MR) is 142 cm³/mol. The van der Waals surface area contributed by atoms with Crippen molar-refractivity contribution >= 4 is 17.6 Å². The Balaban J connectivity index is 1.81. The Morgan fingerprint density at radius 2 is 1.72 bits per heavy atom. The maximum Gasteiger partial charge on any atom is 0.258 e. The van der Waals surface area contributed by atoms with Crippen LogP contribution in [-0.2, 0) is 13.5 Å². The third-order valence-electron chi connectivity index (χ3n) is 5.68. The fourth-order valence-corrected chi connectivity index (χ4v) is 3.75. The zero-order valence-electron chi connectivity index (χ0n) is 21.8. The van der Waals surface area contributed by atoms with Gasteiger partial charge in [0.25, 0.3) is 5.91 Å². The van der Waals surface area contributed by atoms with Gasteiger partial charge in [0.1, 0.15) is 5.75 Å². The molecular formula is C27H35N5O4. The second-order valence-electron chi connectivity index (χ2n) is 8.09. The minimum atomic E-state index is -0.312. The molecule has 0 radical (unpaired) electrons. The van der Waals surface area contributed by atoms with Crippen molar-refractivity contribution in [2.75, 3.05) is 32.2 Å². The van der Waals surface area contributed by atoms with Crippen LogP contribution in [0.2, 0.25) is 0 Å². The summed E-state index contributed by atoms with van der Waals surface area (Å²) < 4.78 is 18.4. The Labute approximate surface area is 212 Å². The van der Waals surface area contributed by atoms with Crippen molar-refractivity contribution in [3.05, 3.63) is 65.0 Å². The van der Waals surface area contributed by atoms with E-state index in [9.17, 15) is 4.79 Å². The van der Waals surface area contributed by atoms with Gasteiger partial charge in [0, 0.05) is 30.5 Å². The number of benzene rings is 2. The summed E-state index contributed by atoms with van der Waals surface area (Å²) in [5.41, 5.74) is 4.45. The molecule has 0 spiro atoms. The topological polar surface area (TPSA) is 99.0 Å². The summed E-state index contributed by atoms with van der Waals surface area (Å²) in [6.07, 6.45) is 0.701. The monoisotopic (exact) mass is 493 g/mol. The van der Waals surface area contributed by atoms with E-state index >= 15 is 0 Å². The molecule has 0 fully saturated rings. The van der Waals surface area contributed by atoms with Gasteiger partial charge in [0.05, 0.1) is 26.0 Å². The van der Waals surface area contributed by atoms with Gasteiger partial charge in [-0.05, 0) is 82.1 Å². The Morgan fingerprint density at radius 1 is 1.03 bits per heavy atom. The first-order chi connectivity index (χ1) is 17.4. The molecule has 192 valence electrons. The molecule has 2 N–H and O–H groups in total. The van der Waals surface area contributed by atoms with Gasteiger partial charge < -0.3 is 19.5 Å². The molecule has 36 heavy (non-hydrogen) atoms. The number of rotatable bonds is 10. The van der Waals surface area contributed by atoms with E-state index in [1.807, 2.05) is 63.7 Å². The van der Waals surface area contributed by atoms with E-state index in [1.54, 1.807) is 25.3 Å². The molecule has 0 saturated carbocycles. The minimum Gasteiger partial charge on any atom is -0.497 e. The highest BCUT2D eigenvalue weighted by molar-refractivity contribution is 6.10. The second-order valence-corrected chi connectivity index (χ2v) is 8.09. The van der Waals surface area contributed by atoms with Gasteiger partial charge in [0.2, 0.25) is 5.96 Å². The smallest absolute Gasteiger partial charge is 0.258 e. The number of carbonyl (C=O) groups excluding carboxylic acids is 1. The van der Waals surface area contributed by atoms with E-state index in [-0.39, 0.29) is 5.91 Å². The number of amides is 1. The van der Waals surface area contributed by atoms with Crippen molar-refractivity contribution in [2.45, 2.75) is 34.1 Å². The first-order valence-corrected chi connectivity index (χ1v) is 12.0. The summed E-state index contributed by atoms with van der Waals surface area (Å²) in [6.45, 7) is 9.26. The van der Waals surface area contributed by atoms with Crippen molar-refractivity contribution < 1.29 is 19.0 Å². The van der Waals surface area contributed by atoms with Gasteiger partial charge in [-0.25, -0.2) is 0 Å². The molecule has 0 saturated heterocycles. The van der Waals surface area contributed by atoms with Crippen LogP contribution in [0.3, 0.4) is 0 Å². The fraction of sp³-hybridized carbons (Fsp3) is 0.370. The lowest BCUT2D eigenvalue weighted by atomic mass is 10.1. The lowest BCUT2D eigenvalue weighted by Gasteiger charge is -2.14. The van der Waals surface area contributed by atoms with Crippen LogP contribution < -0.4 is 24.8 Å². The molecular weight excluding hydrogens is 458 g/mol. The maximum absolute atomic E-state index is 13.2. The van der Waals surface area contributed by atoms with Gasteiger partial charge in [0.15, 0.2) is 11.5 Å². The van der Waals surface area contributed by atoms with Gasteiger partial charge in [-0.1, -0.05) is 0 Å². The summed E-state index contributed by atoms with van der Waals surface area (Å²) in [7, 11) is 3.55. The first kappa shape index (κ1) is 26.6. The number of aromatic nitrogens is 2. The number of aliphatic imine (C=N–C) groups is 1. The third-order valence-corrected chi connectivity index (χ3v) is 5.68. The highest BCUT2D eigenvalue weighted by Crippen LogP contribution is 2.28. The molecule has 1 amide bonds. The standard InChI is InChI=1S/C27H35N5O4/c1-7-35-24-14-9-20(17-25(24)36-8-2)26(33)30-27(29-21-10-12-22(34-6)13-11-21)28-16-15-23-18(3)31-32(5)19(23)4/h9-14,17H,7-8,15-16H2,1-6H3,(H2,28,29,30,33). The van der Waals surface area contributed by atoms with Gasteiger partial charge in [-0.15, -0.1) is 0 Å². The van der Waals surface area contributed by atoms with Crippen molar-refractivity contribution in [2.24, 2.45) is 12.0 Å². The average molecular weight is 494 g/mol. The van der Waals surface area contributed by atoms with Crippen LogP contribution >= 0.6 is 0 Å². The van der Waals surface area contributed by atoms with Crippen molar-refractivity contribution in [3.8, 4) is 17.2 Å². The van der Waals surface area contributed by atoms with Crippen molar-refractivity contribution in [1.29, 1.82) is 0 Å². The van der Waals surface area contributed by atoms with E-state index in [4.69, 9.17) is 14.2 Å². The number of anilines is 1. The summed E-state index contributed by atoms with van der Waals surface area (Å²) in [6, 6.07) is 12.5. The van der Waals surface area contributed by atoms with E-state index in [2.05, 4.69) is 20.7 Å². The number of hydrogen-bond acceptors (Lipinski definition) is 6. The number of hydrogen-bond donors (Lipinski definition) is 2. The molecule has 0 aliphatic rings. The molecule has 9 heteroatoms. The lowest BCUT2D eigenvalue weighted by Crippen LogP contribution is -2.36.